The van der Waals surface area contributed by atoms with Crippen LogP contribution in [0.2, 0.25) is 0 Å². The van der Waals surface area contributed by atoms with E-state index in [1.807, 2.05) is 0 Å². The molecule has 7 nitrogen and oxygen atoms in total. The zero-order valence-electron chi connectivity index (χ0n) is 19.5. The fourth-order valence-electron chi connectivity index (χ4n) is 4.64. The molecular formula is C25H32FN3O4S. The van der Waals surface area contributed by atoms with E-state index in [2.05, 4.69) is 10.2 Å². The molecule has 0 saturated carbocycles. The summed E-state index contributed by atoms with van der Waals surface area (Å²) in [7, 11) is -2.12. The van der Waals surface area contributed by atoms with Crippen molar-refractivity contribution >= 4 is 21.6 Å². The number of halogens is 1. The lowest BCUT2D eigenvalue weighted by Crippen LogP contribution is -2.38. The van der Waals surface area contributed by atoms with E-state index in [9.17, 15) is 17.6 Å². The molecule has 34 heavy (non-hydrogen) atoms. The Morgan fingerprint density at radius 3 is 2.35 bits per heavy atom. The molecule has 9 heteroatoms. The van der Waals surface area contributed by atoms with E-state index in [-0.39, 0.29) is 22.5 Å². The monoisotopic (exact) mass is 489 g/mol. The minimum atomic E-state index is -3.61. The lowest BCUT2D eigenvalue weighted by Gasteiger charge is -2.31. The average Bonchev–Trinajstić information content (AvgIpc) is 2.86. The average molecular weight is 490 g/mol. The van der Waals surface area contributed by atoms with Gasteiger partial charge < -0.3 is 10.1 Å². The third-order valence-electron chi connectivity index (χ3n) is 6.66. The van der Waals surface area contributed by atoms with Gasteiger partial charge in [0.2, 0.25) is 15.9 Å². The number of sulfonamides is 1. The summed E-state index contributed by atoms with van der Waals surface area (Å²) in [6.45, 7) is 3.28. The first kappa shape index (κ1) is 24.6. The van der Waals surface area contributed by atoms with Crippen LogP contribution in [0, 0.1) is 11.7 Å². The van der Waals surface area contributed by atoms with Gasteiger partial charge in [0.25, 0.3) is 0 Å². The van der Waals surface area contributed by atoms with Crippen LogP contribution in [0.3, 0.4) is 0 Å². The lowest BCUT2D eigenvalue weighted by atomic mass is 9.95. The van der Waals surface area contributed by atoms with Crippen LogP contribution in [0.1, 0.15) is 37.7 Å². The number of carbonyl (C=O) groups excluding carboxylic acids is 1. The van der Waals surface area contributed by atoms with Crippen molar-refractivity contribution in [2.24, 2.45) is 5.92 Å². The molecule has 2 saturated heterocycles. The van der Waals surface area contributed by atoms with Gasteiger partial charge in [0.1, 0.15) is 11.6 Å². The summed E-state index contributed by atoms with van der Waals surface area (Å²) >= 11 is 0. The minimum absolute atomic E-state index is 0.132. The third kappa shape index (κ3) is 5.76. The lowest BCUT2D eigenvalue weighted by molar-refractivity contribution is -0.121. The standard InChI is InChI=1S/C25H32FN3O4S/c1-33-24-10-9-22(34(31,32)29-13-3-2-4-14-29)17-23(24)27-25(30)20-11-15-28(16-12-20)18-19-5-7-21(26)8-6-19/h5-10,17,20H,2-4,11-16,18H2,1H3,(H,27,30). The van der Waals surface area contributed by atoms with Crippen molar-refractivity contribution in [1.82, 2.24) is 9.21 Å². The molecule has 1 amide bonds. The fourth-order valence-corrected chi connectivity index (χ4v) is 6.18. The number of amides is 1. The molecule has 0 aromatic heterocycles. The van der Waals surface area contributed by atoms with E-state index in [0.29, 0.717) is 37.4 Å². The predicted octanol–water partition coefficient (Wildman–Crippen LogP) is 3.86. The Balaban J connectivity index is 1.39. The number of anilines is 1. The van der Waals surface area contributed by atoms with Gasteiger partial charge in [-0.1, -0.05) is 18.6 Å². The van der Waals surface area contributed by atoms with Crippen LogP contribution >= 0.6 is 0 Å². The van der Waals surface area contributed by atoms with E-state index in [0.717, 1.165) is 44.5 Å². The summed E-state index contributed by atoms with van der Waals surface area (Å²) in [4.78, 5) is 15.4. The first-order valence-electron chi connectivity index (χ1n) is 11.8. The molecule has 2 aromatic carbocycles. The number of nitrogens with one attached hydrogen (secondary N) is 1. The maximum Gasteiger partial charge on any atom is 0.243 e. The van der Waals surface area contributed by atoms with Crippen LogP contribution in [-0.4, -0.2) is 56.8 Å². The first-order valence-corrected chi connectivity index (χ1v) is 13.3. The molecule has 2 fully saturated rings. The highest BCUT2D eigenvalue weighted by Gasteiger charge is 2.29. The van der Waals surface area contributed by atoms with E-state index in [1.54, 1.807) is 18.2 Å². The highest BCUT2D eigenvalue weighted by atomic mass is 32.2. The van der Waals surface area contributed by atoms with E-state index < -0.39 is 10.0 Å². The molecule has 184 valence electrons. The molecule has 2 heterocycles. The second-order valence-electron chi connectivity index (χ2n) is 8.99. The number of carbonyl (C=O) groups is 1. The number of hydrogen-bond donors (Lipinski definition) is 1. The highest BCUT2D eigenvalue weighted by Crippen LogP contribution is 2.31. The van der Waals surface area contributed by atoms with Crippen LogP contribution in [0.5, 0.6) is 5.75 Å². The third-order valence-corrected chi connectivity index (χ3v) is 8.55. The number of rotatable bonds is 7. The van der Waals surface area contributed by atoms with E-state index >= 15 is 0 Å². The number of nitrogens with zero attached hydrogens (tertiary/aromatic N) is 2. The van der Waals surface area contributed by atoms with Crippen molar-refractivity contribution in [3.8, 4) is 5.75 Å². The Morgan fingerprint density at radius 2 is 1.71 bits per heavy atom. The van der Waals surface area contributed by atoms with E-state index in [4.69, 9.17) is 4.74 Å². The summed E-state index contributed by atoms with van der Waals surface area (Å²) in [6, 6.07) is 11.1. The van der Waals surface area contributed by atoms with Gasteiger partial charge >= 0.3 is 0 Å². The Bertz CT molecular complexity index is 1090. The van der Waals surface area contributed by atoms with Crippen molar-refractivity contribution in [2.75, 3.05) is 38.6 Å². The van der Waals surface area contributed by atoms with Gasteiger partial charge in [-0.25, -0.2) is 12.8 Å². The predicted molar refractivity (Wildman–Crippen MR) is 129 cm³/mol. The zero-order valence-corrected chi connectivity index (χ0v) is 20.3. The number of piperidine rings is 2. The van der Waals surface area contributed by atoms with Gasteiger partial charge in [0.05, 0.1) is 17.7 Å². The summed E-state index contributed by atoms with van der Waals surface area (Å²) in [5.41, 5.74) is 1.42. The van der Waals surface area contributed by atoms with Crippen LogP contribution in [0.15, 0.2) is 47.4 Å². The molecule has 4 rings (SSSR count). The normalized spacial score (nSPS) is 18.5. The largest absolute Gasteiger partial charge is 0.495 e. The maximum absolute atomic E-state index is 13.1. The van der Waals surface area contributed by atoms with Crippen molar-refractivity contribution in [2.45, 2.75) is 43.5 Å². The minimum Gasteiger partial charge on any atom is -0.495 e. The van der Waals surface area contributed by atoms with Gasteiger partial charge in [-0.3, -0.25) is 9.69 Å². The Labute approximate surface area is 200 Å². The highest BCUT2D eigenvalue weighted by molar-refractivity contribution is 7.89. The Morgan fingerprint density at radius 1 is 1.03 bits per heavy atom. The van der Waals surface area contributed by atoms with Crippen LogP contribution < -0.4 is 10.1 Å². The summed E-state index contributed by atoms with van der Waals surface area (Å²) < 4.78 is 46.2. The molecule has 2 aliphatic rings. The molecule has 0 bridgehead atoms. The summed E-state index contributed by atoms with van der Waals surface area (Å²) in [5, 5.41) is 2.91. The molecule has 0 atom stereocenters. The molecule has 0 spiro atoms. The zero-order chi connectivity index (χ0) is 24.1. The fraction of sp³-hybridized carbons (Fsp3) is 0.480. The van der Waals surface area contributed by atoms with Crippen LogP contribution in [0.4, 0.5) is 10.1 Å². The molecule has 2 aliphatic heterocycles. The quantitative estimate of drug-likeness (QED) is 0.639. The molecule has 1 N–H and O–H groups in total. The van der Waals surface area contributed by atoms with E-state index in [1.165, 1.54) is 35.7 Å². The molecule has 0 radical (unpaired) electrons. The number of ether oxygens (including phenoxy) is 1. The number of benzene rings is 2. The second kappa shape index (κ2) is 10.8. The molecule has 0 unspecified atom stereocenters. The van der Waals surface area contributed by atoms with Gasteiger partial charge in [-0.05, 0) is 74.7 Å². The Kier molecular flexibility index (Phi) is 7.85. The number of methoxy groups -OCH3 is 1. The maximum atomic E-state index is 13.1. The SMILES string of the molecule is COc1ccc(S(=O)(=O)N2CCCCC2)cc1NC(=O)C1CCN(Cc2ccc(F)cc2)CC1. The van der Waals surface area contributed by atoms with Gasteiger partial charge in [-0.15, -0.1) is 0 Å². The van der Waals surface area contributed by atoms with Crippen molar-refractivity contribution in [3.63, 3.8) is 0 Å². The topological polar surface area (TPSA) is 79.0 Å². The second-order valence-corrected chi connectivity index (χ2v) is 10.9. The Hall–Kier alpha value is -2.49. The number of likely N-dealkylation sites (tertiary alicyclic amines) is 1. The first-order chi connectivity index (χ1) is 16.4. The van der Waals surface area contributed by atoms with Crippen LogP contribution in [0.25, 0.3) is 0 Å². The summed E-state index contributed by atoms with van der Waals surface area (Å²) in [5.74, 6) is -0.120. The van der Waals surface area contributed by atoms with Crippen molar-refractivity contribution < 1.29 is 22.3 Å². The van der Waals surface area contributed by atoms with Crippen LogP contribution in [-0.2, 0) is 21.4 Å². The smallest absolute Gasteiger partial charge is 0.243 e. The van der Waals surface area contributed by atoms with Crippen molar-refractivity contribution in [1.29, 1.82) is 0 Å². The summed E-state index contributed by atoms with van der Waals surface area (Å²) in [6.07, 6.45) is 4.15. The van der Waals surface area contributed by atoms with Gasteiger partial charge in [0.15, 0.2) is 0 Å². The van der Waals surface area contributed by atoms with Crippen molar-refractivity contribution in [3.05, 3.63) is 53.8 Å². The molecule has 2 aromatic rings. The van der Waals surface area contributed by atoms with Gasteiger partial charge in [-0.2, -0.15) is 4.31 Å². The van der Waals surface area contributed by atoms with Gasteiger partial charge in [0, 0.05) is 25.6 Å². The number of hydrogen-bond acceptors (Lipinski definition) is 5. The molecule has 0 aliphatic carbocycles. The molecular weight excluding hydrogens is 457 g/mol.